The van der Waals surface area contributed by atoms with Crippen LogP contribution in [0.2, 0.25) is 0 Å². The molecule has 106 valence electrons. The van der Waals surface area contributed by atoms with E-state index in [0.717, 1.165) is 0 Å². The molecule has 0 amide bonds. The summed E-state index contributed by atoms with van der Waals surface area (Å²) in [4.78, 5) is 1.77. The molecule has 0 spiro atoms. The molecule has 2 aromatic rings. The molecule has 2 N–H and O–H groups in total. The van der Waals surface area contributed by atoms with E-state index in [9.17, 15) is 8.78 Å². The van der Waals surface area contributed by atoms with Crippen LogP contribution in [-0.4, -0.2) is 13.1 Å². The molecule has 0 aromatic heterocycles. The highest BCUT2D eigenvalue weighted by Crippen LogP contribution is 2.31. The van der Waals surface area contributed by atoms with Crippen LogP contribution in [0.25, 0.3) is 0 Å². The number of halogens is 2. The van der Waals surface area contributed by atoms with Crippen LogP contribution >= 0.6 is 0 Å². The van der Waals surface area contributed by atoms with Crippen LogP contribution in [0.15, 0.2) is 42.5 Å². The maximum absolute atomic E-state index is 14.0. The molecule has 0 heterocycles. The summed E-state index contributed by atoms with van der Waals surface area (Å²) in [7, 11) is 0. The number of anilines is 2. The maximum Gasteiger partial charge on any atom is 0.146 e. The molecule has 0 bridgehead atoms. The van der Waals surface area contributed by atoms with Crippen molar-refractivity contribution < 1.29 is 8.78 Å². The number of benzene rings is 2. The zero-order chi connectivity index (χ0) is 14.5. The molecule has 0 aliphatic carbocycles. The Morgan fingerprint density at radius 2 is 1.60 bits per heavy atom. The van der Waals surface area contributed by atoms with Gasteiger partial charge < -0.3 is 10.6 Å². The lowest BCUT2D eigenvalue weighted by molar-refractivity contribution is 0.607. The Morgan fingerprint density at radius 3 is 2.25 bits per heavy atom. The molecule has 0 radical (unpaired) electrons. The Kier molecular flexibility index (Phi) is 4.69. The Bertz CT molecular complexity index is 584. The van der Waals surface area contributed by atoms with Crippen molar-refractivity contribution in [2.45, 2.75) is 13.3 Å². The maximum atomic E-state index is 14.0. The lowest BCUT2D eigenvalue weighted by Gasteiger charge is -2.26. The van der Waals surface area contributed by atoms with Crippen molar-refractivity contribution in [3.05, 3.63) is 59.7 Å². The first kappa shape index (κ1) is 14.5. The van der Waals surface area contributed by atoms with Gasteiger partial charge in [-0.15, -0.1) is 0 Å². The molecule has 2 rings (SSSR count). The van der Waals surface area contributed by atoms with E-state index >= 15 is 0 Å². The highest BCUT2D eigenvalue weighted by molar-refractivity contribution is 5.67. The smallest absolute Gasteiger partial charge is 0.146 e. The quantitative estimate of drug-likeness (QED) is 0.903. The van der Waals surface area contributed by atoms with Crippen LogP contribution in [0.3, 0.4) is 0 Å². The van der Waals surface area contributed by atoms with Crippen LogP contribution in [0, 0.1) is 11.6 Å². The number of nitrogens with two attached hydrogens (primary N) is 1. The van der Waals surface area contributed by atoms with Crippen LogP contribution < -0.4 is 10.6 Å². The largest absolute Gasteiger partial charge is 0.339 e. The van der Waals surface area contributed by atoms with Crippen molar-refractivity contribution in [2.75, 3.05) is 18.0 Å². The third-order valence-electron chi connectivity index (χ3n) is 3.24. The average Bonchev–Trinajstić information content (AvgIpc) is 2.45. The predicted molar refractivity (Wildman–Crippen MR) is 78.2 cm³/mol. The molecule has 2 nitrogen and oxygen atoms in total. The van der Waals surface area contributed by atoms with Crippen LogP contribution in [0.5, 0.6) is 0 Å². The van der Waals surface area contributed by atoms with Crippen LogP contribution in [-0.2, 0) is 6.42 Å². The van der Waals surface area contributed by atoms with E-state index in [1.807, 2.05) is 6.92 Å². The van der Waals surface area contributed by atoms with E-state index in [1.165, 1.54) is 12.1 Å². The van der Waals surface area contributed by atoms with Gasteiger partial charge in [-0.1, -0.05) is 18.2 Å². The molecule has 0 unspecified atom stereocenters. The molecule has 0 fully saturated rings. The zero-order valence-corrected chi connectivity index (χ0v) is 11.4. The second kappa shape index (κ2) is 6.48. The SMILES string of the molecule is CCN(c1ccccc1F)c1cccc(F)c1CCN. The fraction of sp³-hybridized carbons (Fsp3) is 0.250. The summed E-state index contributed by atoms with van der Waals surface area (Å²) < 4.78 is 27.9. The number of nitrogens with zero attached hydrogens (tertiary/aromatic N) is 1. The van der Waals surface area contributed by atoms with Gasteiger partial charge in [0.05, 0.1) is 5.69 Å². The third-order valence-corrected chi connectivity index (χ3v) is 3.24. The minimum Gasteiger partial charge on any atom is -0.339 e. The van der Waals surface area contributed by atoms with Gasteiger partial charge in [0.15, 0.2) is 0 Å². The van der Waals surface area contributed by atoms with Gasteiger partial charge in [-0.05, 0) is 44.2 Å². The van der Waals surface area contributed by atoms with E-state index in [-0.39, 0.29) is 11.6 Å². The monoisotopic (exact) mass is 276 g/mol. The highest BCUT2D eigenvalue weighted by Gasteiger charge is 2.16. The highest BCUT2D eigenvalue weighted by atomic mass is 19.1. The Hall–Kier alpha value is -1.94. The van der Waals surface area contributed by atoms with Gasteiger partial charge in [0, 0.05) is 17.8 Å². The molecule has 20 heavy (non-hydrogen) atoms. The molecule has 0 saturated carbocycles. The summed E-state index contributed by atoms with van der Waals surface area (Å²) >= 11 is 0. The molecular weight excluding hydrogens is 258 g/mol. The lowest BCUT2D eigenvalue weighted by Crippen LogP contribution is -2.20. The van der Waals surface area contributed by atoms with Crippen LogP contribution in [0.4, 0.5) is 20.2 Å². The van der Waals surface area contributed by atoms with Crippen molar-refractivity contribution in [3.63, 3.8) is 0 Å². The second-order valence-electron chi connectivity index (χ2n) is 4.47. The molecule has 0 atom stereocenters. The Labute approximate surface area is 117 Å². The number of rotatable bonds is 5. The summed E-state index contributed by atoms with van der Waals surface area (Å²) in [6, 6.07) is 11.3. The van der Waals surface area contributed by atoms with Gasteiger partial charge in [-0.3, -0.25) is 0 Å². The van der Waals surface area contributed by atoms with Crippen LogP contribution in [0.1, 0.15) is 12.5 Å². The number of hydrogen-bond acceptors (Lipinski definition) is 2. The Morgan fingerprint density at radius 1 is 0.950 bits per heavy atom. The topological polar surface area (TPSA) is 29.3 Å². The van der Waals surface area contributed by atoms with Gasteiger partial charge >= 0.3 is 0 Å². The standard InChI is InChI=1S/C16H18F2N2/c1-2-20(16-8-4-3-6-14(16)18)15-9-5-7-13(17)12(15)10-11-19/h3-9H,2,10-11,19H2,1H3. The summed E-state index contributed by atoms with van der Waals surface area (Å²) in [6.45, 7) is 2.80. The summed E-state index contributed by atoms with van der Waals surface area (Å²) in [5.41, 5.74) is 7.19. The molecule has 4 heteroatoms. The minimum atomic E-state index is -0.322. The Balaban J connectivity index is 2.53. The van der Waals surface area contributed by atoms with E-state index in [2.05, 4.69) is 0 Å². The van der Waals surface area contributed by atoms with E-state index in [1.54, 1.807) is 35.2 Å². The summed E-state index contributed by atoms with van der Waals surface area (Å²) in [6.07, 6.45) is 0.424. The van der Waals surface area contributed by atoms with Crippen molar-refractivity contribution >= 4 is 11.4 Å². The number of para-hydroxylation sites is 1. The first-order valence-electron chi connectivity index (χ1n) is 6.68. The first-order valence-corrected chi connectivity index (χ1v) is 6.68. The van der Waals surface area contributed by atoms with Gasteiger partial charge in [0.25, 0.3) is 0 Å². The molecule has 0 aliphatic heterocycles. The van der Waals surface area contributed by atoms with E-state index in [0.29, 0.717) is 36.4 Å². The molecule has 0 aliphatic rings. The van der Waals surface area contributed by atoms with Crippen molar-refractivity contribution in [3.8, 4) is 0 Å². The number of hydrogen-bond donors (Lipinski definition) is 1. The summed E-state index contributed by atoms with van der Waals surface area (Å²) in [5.74, 6) is -0.625. The first-order chi connectivity index (χ1) is 9.69. The summed E-state index contributed by atoms with van der Waals surface area (Å²) in [5, 5.41) is 0. The van der Waals surface area contributed by atoms with E-state index in [4.69, 9.17) is 5.73 Å². The molecular formula is C16H18F2N2. The van der Waals surface area contributed by atoms with Gasteiger partial charge in [-0.25, -0.2) is 8.78 Å². The fourth-order valence-corrected chi connectivity index (χ4v) is 2.33. The molecule has 2 aromatic carbocycles. The second-order valence-corrected chi connectivity index (χ2v) is 4.47. The lowest BCUT2D eigenvalue weighted by atomic mass is 10.1. The van der Waals surface area contributed by atoms with Crippen molar-refractivity contribution in [1.29, 1.82) is 0 Å². The minimum absolute atomic E-state index is 0.303. The normalized spacial score (nSPS) is 10.6. The fourth-order valence-electron chi connectivity index (χ4n) is 2.33. The van der Waals surface area contributed by atoms with Crippen molar-refractivity contribution in [2.24, 2.45) is 5.73 Å². The molecule has 0 saturated heterocycles. The third kappa shape index (κ3) is 2.80. The zero-order valence-electron chi connectivity index (χ0n) is 11.4. The van der Waals surface area contributed by atoms with Crippen molar-refractivity contribution in [1.82, 2.24) is 0 Å². The predicted octanol–water partition coefficient (Wildman–Crippen LogP) is 3.62. The van der Waals surface area contributed by atoms with E-state index < -0.39 is 0 Å². The van der Waals surface area contributed by atoms with Gasteiger partial charge in [0.1, 0.15) is 11.6 Å². The average molecular weight is 276 g/mol. The van der Waals surface area contributed by atoms with Gasteiger partial charge in [-0.2, -0.15) is 0 Å². The van der Waals surface area contributed by atoms with Gasteiger partial charge in [0.2, 0.25) is 0 Å².